The van der Waals surface area contributed by atoms with E-state index in [-0.39, 0.29) is 12.1 Å². The van der Waals surface area contributed by atoms with Gasteiger partial charge in [0.2, 0.25) is 0 Å². The number of nitrogens with zero attached hydrogens (tertiary/aromatic N) is 1. The van der Waals surface area contributed by atoms with Gasteiger partial charge < -0.3 is 19.8 Å². The smallest absolute Gasteiger partial charge is 0.354 e. The van der Waals surface area contributed by atoms with Crippen LogP contribution in [0, 0.1) is 0 Å². The number of aromatic nitrogens is 1. The molecule has 0 amide bonds. The van der Waals surface area contributed by atoms with Gasteiger partial charge in [-0.05, 0) is 19.9 Å². The van der Waals surface area contributed by atoms with Crippen LogP contribution < -0.4 is 5.73 Å². The SMILES string of the molecule is COC(=O)c1cc(N)cn1CCOC(C)C. The van der Waals surface area contributed by atoms with Gasteiger partial charge in [-0.2, -0.15) is 0 Å². The molecule has 0 bridgehead atoms. The van der Waals surface area contributed by atoms with Crippen molar-refractivity contribution in [3.05, 3.63) is 18.0 Å². The summed E-state index contributed by atoms with van der Waals surface area (Å²) in [5.41, 5.74) is 6.63. The number of nitrogens with two attached hydrogens (primary N) is 1. The summed E-state index contributed by atoms with van der Waals surface area (Å²) >= 11 is 0. The Labute approximate surface area is 95.1 Å². The average Bonchev–Trinajstić information content (AvgIpc) is 2.58. The van der Waals surface area contributed by atoms with Crippen LogP contribution in [0.1, 0.15) is 24.3 Å². The number of carbonyl (C=O) groups excluding carboxylic acids is 1. The zero-order chi connectivity index (χ0) is 12.1. The molecule has 0 aliphatic rings. The second-order valence-electron chi connectivity index (χ2n) is 3.76. The lowest BCUT2D eigenvalue weighted by Crippen LogP contribution is -2.15. The van der Waals surface area contributed by atoms with E-state index in [2.05, 4.69) is 4.74 Å². The normalized spacial score (nSPS) is 10.8. The Morgan fingerprint density at radius 1 is 1.56 bits per heavy atom. The van der Waals surface area contributed by atoms with Crippen molar-refractivity contribution in [2.75, 3.05) is 19.5 Å². The lowest BCUT2D eigenvalue weighted by Gasteiger charge is -2.10. The van der Waals surface area contributed by atoms with Gasteiger partial charge in [-0.3, -0.25) is 0 Å². The van der Waals surface area contributed by atoms with Crippen LogP contribution >= 0.6 is 0 Å². The zero-order valence-corrected chi connectivity index (χ0v) is 9.90. The number of hydrogen-bond acceptors (Lipinski definition) is 4. The van der Waals surface area contributed by atoms with Gasteiger partial charge in [0.15, 0.2) is 0 Å². The quantitative estimate of drug-likeness (QED) is 0.768. The Morgan fingerprint density at radius 3 is 2.81 bits per heavy atom. The third kappa shape index (κ3) is 3.27. The minimum absolute atomic E-state index is 0.175. The maximum atomic E-state index is 11.4. The molecule has 0 fully saturated rings. The molecule has 1 heterocycles. The molecule has 90 valence electrons. The Hall–Kier alpha value is -1.49. The minimum atomic E-state index is -0.388. The van der Waals surface area contributed by atoms with Gasteiger partial charge >= 0.3 is 5.97 Å². The number of methoxy groups -OCH3 is 1. The Morgan fingerprint density at radius 2 is 2.25 bits per heavy atom. The highest BCUT2D eigenvalue weighted by atomic mass is 16.5. The van der Waals surface area contributed by atoms with Crippen molar-refractivity contribution in [2.24, 2.45) is 0 Å². The second-order valence-corrected chi connectivity index (χ2v) is 3.76. The maximum absolute atomic E-state index is 11.4. The van der Waals surface area contributed by atoms with Gasteiger partial charge in [-0.25, -0.2) is 4.79 Å². The molecule has 0 unspecified atom stereocenters. The Kier molecular flexibility index (Phi) is 4.37. The third-order valence-corrected chi connectivity index (χ3v) is 2.10. The number of anilines is 1. The summed E-state index contributed by atoms with van der Waals surface area (Å²) in [6.07, 6.45) is 1.88. The second kappa shape index (κ2) is 5.55. The highest BCUT2D eigenvalue weighted by Gasteiger charge is 2.12. The van der Waals surface area contributed by atoms with E-state index in [0.29, 0.717) is 24.5 Å². The zero-order valence-electron chi connectivity index (χ0n) is 9.90. The van der Waals surface area contributed by atoms with Crippen molar-refractivity contribution in [2.45, 2.75) is 26.5 Å². The van der Waals surface area contributed by atoms with Crippen molar-refractivity contribution >= 4 is 11.7 Å². The summed E-state index contributed by atoms with van der Waals surface area (Å²) in [6.45, 7) is 5.05. The van der Waals surface area contributed by atoms with Crippen LogP contribution in [0.4, 0.5) is 5.69 Å². The van der Waals surface area contributed by atoms with E-state index in [4.69, 9.17) is 10.5 Å². The average molecular weight is 226 g/mol. The first-order valence-corrected chi connectivity index (χ1v) is 5.20. The van der Waals surface area contributed by atoms with E-state index in [9.17, 15) is 4.79 Å². The first kappa shape index (κ1) is 12.6. The van der Waals surface area contributed by atoms with Crippen LogP contribution in [0.5, 0.6) is 0 Å². The van der Waals surface area contributed by atoms with Crippen LogP contribution in [-0.4, -0.2) is 30.4 Å². The highest BCUT2D eigenvalue weighted by Crippen LogP contribution is 2.11. The fraction of sp³-hybridized carbons (Fsp3) is 0.545. The van der Waals surface area contributed by atoms with Gasteiger partial charge in [0.05, 0.1) is 25.5 Å². The summed E-state index contributed by atoms with van der Waals surface area (Å²) in [6, 6.07) is 1.60. The molecule has 1 aromatic rings. The van der Waals surface area contributed by atoms with Crippen LogP contribution in [0.15, 0.2) is 12.3 Å². The molecule has 5 heteroatoms. The van der Waals surface area contributed by atoms with Crippen LogP contribution in [-0.2, 0) is 16.0 Å². The molecular formula is C11H18N2O3. The van der Waals surface area contributed by atoms with E-state index in [1.807, 2.05) is 13.8 Å². The van der Waals surface area contributed by atoms with E-state index in [1.165, 1.54) is 7.11 Å². The van der Waals surface area contributed by atoms with Gasteiger partial charge in [-0.15, -0.1) is 0 Å². The molecule has 2 N–H and O–H groups in total. The molecule has 16 heavy (non-hydrogen) atoms. The Bertz CT molecular complexity index is 358. The van der Waals surface area contributed by atoms with E-state index in [1.54, 1.807) is 16.8 Å². The molecule has 0 aliphatic heterocycles. The number of carbonyl (C=O) groups is 1. The first-order chi connectivity index (χ1) is 7.54. The van der Waals surface area contributed by atoms with Gasteiger partial charge in [0.1, 0.15) is 5.69 Å². The number of nitrogen functional groups attached to an aromatic ring is 1. The topological polar surface area (TPSA) is 66.5 Å². The summed E-state index contributed by atoms with van der Waals surface area (Å²) < 4.78 is 11.8. The van der Waals surface area contributed by atoms with Crippen molar-refractivity contribution in [3.63, 3.8) is 0 Å². The number of rotatable bonds is 5. The van der Waals surface area contributed by atoms with Crippen molar-refractivity contribution in [1.82, 2.24) is 4.57 Å². The molecular weight excluding hydrogens is 208 g/mol. The monoisotopic (exact) mass is 226 g/mol. The standard InChI is InChI=1S/C11H18N2O3/c1-8(2)16-5-4-13-7-9(12)6-10(13)11(14)15-3/h6-8H,4-5,12H2,1-3H3. The van der Waals surface area contributed by atoms with E-state index >= 15 is 0 Å². The van der Waals surface area contributed by atoms with Gasteiger partial charge in [0.25, 0.3) is 0 Å². The molecule has 1 rings (SSSR count). The molecule has 0 spiro atoms. The van der Waals surface area contributed by atoms with Crippen molar-refractivity contribution in [3.8, 4) is 0 Å². The minimum Gasteiger partial charge on any atom is -0.464 e. The molecule has 5 nitrogen and oxygen atoms in total. The molecule has 0 aliphatic carbocycles. The van der Waals surface area contributed by atoms with E-state index < -0.39 is 0 Å². The predicted octanol–water partition coefficient (Wildman–Crippen LogP) is 1.28. The van der Waals surface area contributed by atoms with Crippen molar-refractivity contribution < 1.29 is 14.3 Å². The molecule has 0 atom stereocenters. The lowest BCUT2D eigenvalue weighted by atomic mass is 10.4. The predicted molar refractivity (Wildman–Crippen MR) is 61.3 cm³/mol. The highest BCUT2D eigenvalue weighted by molar-refractivity contribution is 5.88. The summed E-state index contributed by atoms with van der Waals surface area (Å²) in [4.78, 5) is 11.4. The number of hydrogen-bond donors (Lipinski definition) is 1. The molecule has 0 saturated heterocycles. The van der Waals surface area contributed by atoms with Crippen LogP contribution in [0.2, 0.25) is 0 Å². The van der Waals surface area contributed by atoms with Crippen LogP contribution in [0.3, 0.4) is 0 Å². The van der Waals surface area contributed by atoms with Crippen LogP contribution in [0.25, 0.3) is 0 Å². The number of esters is 1. The molecule has 0 aromatic carbocycles. The fourth-order valence-corrected chi connectivity index (χ4v) is 1.38. The number of ether oxygens (including phenoxy) is 2. The third-order valence-electron chi connectivity index (χ3n) is 2.10. The van der Waals surface area contributed by atoms with Gasteiger partial charge in [0, 0.05) is 12.7 Å². The fourth-order valence-electron chi connectivity index (χ4n) is 1.38. The summed E-state index contributed by atoms with van der Waals surface area (Å²) in [7, 11) is 1.35. The summed E-state index contributed by atoms with van der Waals surface area (Å²) in [5, 5.41) is 0. The lowest BCUT2D eigenvalue weighted by molar-refractivity contribution is 0.0571. The molecule has 0 radical (unpaired) electrons. The Balaban J connectivity index is 2.67. The van der Waals surface area contributed by atoms with E-state index in [0.717, 1.165) is 0 Å². The molecule has 1 aromatic heterocycles. The maximum Gasteiger partial charge on any atom is 0.354 e. The first-order valence-electron chi connectivity index (χ1n) is 5.20. The van der Waals surface area contributed by atoms with Gasteiger partial charge in [-0.1, -0.05) is 0 Å². The van der Waals surface area contributed by atoms with Crippen molar-refractivity contribution in [1.29, 1.82) is 0 Å². The molecule has 0 saturated carbocycles. The summed E-state index contributed by atoms with van der Waals surface area (Å²) in [5.74, 6) is -0.388. The largest absolute Gasteiger partial charge is 0.464 e.